The first-order valence-electron chi connectivity index (χ1n) is 6.26. The van der Waals surface area contributed by atoms with E-state index in [1.807, 2.05) is 0 Å². The molecular formula is C12H18N2O4S. The Balaban J connectivity index is 1.95. The molecule has 0 bridgehead atoms. The molecule has 0 saturated carbocycles. The number of hydrogen-bond donors (Lipinski definition) is 0. The second kappa shape index (κ2) is 4.96. The summed E-state index contributed by atoms with van der Waals surface area (Å²) in [6.07, 6.45) is 0.222. The van der Waals surface area contributed by atoms with Crippen molar-refractivity contribution in [2.45, 2.75) is 32.4 Å². The van der Waals surface area contributed by atoms with Gasteiger partial charge in [0.15, 0.2) is 9.84 Å². The SMILES string of the molecule is CCS(=O)(=O)C1CN(C(=O)Cc2c(C)noc2C)C1. The Morgan fingerprint density at radius 2 is 2.05 bits per heavy atom. The van der Waals surface area contributed by atoms with E-state index in [9.17, 15) is 13.2 Å². The van der Waals surface area contributed by atoms with E-state index in [-0.39, 0.29) is 18.1 Å². The zero-order valence-electron chi connectivity index (χ0n) is 11.3. The van der Waals surface area contributed by atoms with Crippen LogP contribution in [-0.2, 0) is 21.1 Å². The van der Waals surface area contributed by atoms with Gasteiger partial charge in [-0.1, -0.05) is 12.1 Å². The number of amides is 1. The van der Waals surface area contributed by atoms with Crippen LogP contribution in [0.3, 0.4) is 0 Å². The van der Waals surface area contributed by atoms with Gasteiger partial charge in [0, 0.05) is 24.4 Å². The number of hydrogen-bond acceptors (Lipinski definition) is 5. The van der Waals surface area contributed by atoms with Crippen LogP contribution in [0.1, 0.15) is 23.9 Å². The monoisotopic (exact) mass is 286 g/mol. The van der Waals surface area contributed by atoms with Crippen LogP contribution in [-0.4, -0.2) is 48.5 Å². The second-order valence-electron chi connectivity index (χ2n) is 4.85. The first-order valence-corrected chi connectivity index (χ1v) is 7.97. The molecule has 2 rings (SSSR count). The predicted octanol–water partition coefficient (Wildman–Crippen LogP) is 0.479. The molecule has 106 valence electrons. The van der Waals surface area contributed by atoms with E-state index in [0.29, 0.717) is 24.5 Å². The van der Waals surface area contributed by atoms with Gasteiger partial charge < -0.3 is 9.42 Å². The molecule has 1 aliphatic heterocycles. The van der Waals surface area contributed by atoms with E-state index in [1.165, 1.54) is 0 Å². The van der Waals surface area contributed by atoms with Gasteiger partial charge in [-0.15, -0.1) is 0 Å². The van der Waals surface area contributed by atoms with Crippen molar-refractivity contribution in [3.8, 4) is 0 Å². The molecule has 0 radical (unpaired) electrons. The molecule has 1 aromatic heterocycles. The summed E-state index contributed by atoms with van der Waals surface area (Å²) in [5, 5.41) is 3.40. The fourth-order valence-corrected chi connectivity index (χ4v) is 3.41. The van der Waals surface area contributed by atoms with Crippen molar-refractivity contribution < 1.29 is 17.7 Å². The van der Waals surface area contributed by atoms with Crippen LogP contribution < -0.4 is 0 Å². The van der Waals surface area contributed by atoms with E-state index < -0.39 is 15.1 Å². The van der Waals surface area contributed by atoms with Crippen LogP contribution >= 0.6 is 0 Å². The van der Waals surface area contributed by atoms with E-state index in [2.05, 4.69) is 5.16 Å². The number of sulfone groups is 1. The molecule has 6 nitrogen and oxygen atoms in total. The van der Waals surface area contributed by atoms with Gasteiger partial charge in [0.25, 0.3) is 0 Å². The molecule has 0 unspecified atom stereocenters. The Bertz CT molecular complexity index is 565. The maximum absolute atomic E-state index is 12.0. The summed E-state index contributed by atoms with van der Waals surface area (Å²) in [4.78, 5) is 13.6. The number of nitrogens with zero attached hydrogens (tertiary/aromatic N) is 2. The van der Waals surface area contributed by atoms with E-state index >= 15 is 0 Å². The topological polar surface area (TPSA) is 80.5 Å². The molecule has 0 spiro atoms. The van der Waals surface area contributed by atoms with Crippen LogP contribution in [0.25, 0.3) is 0 Å². The summed E-state index contributed by atoms with van der Waals surface area (Å²) < 4.78 is 28.2. The second-order valence-corrected chi connectivity index (χ2v) is 7.42. The smallest absolute Gasteiger partial charge is 0.227 e. The minimum absolute atomic E-state index is 0.0723. The quantitative estimate of drug-likeness (QED) is 0.804. The Morgan fingerprint density at radius 3 is 2.53 bits per heavy atom. The van der Waals surface area contributed by atoms with E-state index in [0.717, 1.165) is 5.56 Å². The van der Waals surface area contributed by atoms with Crippen LogP contribution in [0.5, 0.6) is 0 Å². The molecule has 0 aromatic carbocycles. The van der Waals surface area contributed by atoms with Gasteiger partial charge in [0.1, 0.15) is 5.76 Å². The van der Waals surface area contributed by atoms with Crippen molar-refractivity contribution in [1.29, 1.82) is 0 Å². The summed E-state index contributed by atoms with van der Waals surface area (Å²) in [6, 6.07) is 0. The lowest BCUT2D eigenvalue weighted by molar-refractivity contribution is -0.133. The largest absolute Gasteiger partial charge is 0.361 e. The Kier molecular flexibility index (Phi) is 3.66. The van der Waals surface area contributed by atoms with Crippen molar-refractivity contribution in [1.82, 2.24) is 10.1 Å². The molecule has 0 N–H and O–H groups in total. The summed E-state index contributed by atoms with van der Waals surface area (Å²) >= 11 is 0. The highest BCUT2D eigenvalue weighted by molar-refractivity contribution is 7.92. The minimum atomic E-state index is -3.03. The molecule has 1 aromatic rings. The summed E-state index contributed by atoms with van der Waals surface area (Å²) in [6.45, 7) is 5.79. The molecule has 2 heterocycles. The molecule has 19 heavy (non-hydrogen) atoms. The van der Waals surface area contributed by atoms with Crippen molar-refractivity contribution >= 4 is 15.7 Å². The molecule has 1 fully saturated rings. The molecule has 7 heteroatoms. The number of likely N-dealkylation sites (tertiary alicyclic amines) is 1. The number of rotatable bonds is 4. The predicted molar refractivity (Wildman–Crippen MR) is 69.5 cm³/mol. The van der Waals surface area contributed by atoms with Crippen molar-refractivity contribution in [2.24, 2.45) is 0 Å². The van der Waals surface area contributed by atoms with Crippen molar-refractivity contribution in [2.75, 3.05) is 18.8 Å². The summed E-state index contributed by atoms with van der Waals surface area (Å²) in [5.74, 6) is 0.699. The third-order valence-corrected chi connectivity index (χ3v) is 5.74. The zero-order valence-corrected chi connectivity index (χ0v) is 12.2. The maximum atomic E-state index is 12.0. The zero-order chi connectivity index (χ0) is 14.2. The highest BCUT2D eigenvalue weighted by Crippen LogP contribution is 2.20. The standard InChI is InChI=1S/C12H18N2O4S/c1-4-19(16,17)10-6-14(7-10)12(15)5-11-8(2)13-18-9(11)3/h10H,4-7H2,1-3H3. The number of aryl methyl sites for hydroxylation is 2. The van der Waals surface area contributed by atoms with Crippen molar-refractivity contribution in [3.05, 3.63) is 17.0 Å². The van der Waals surface area contributed by atoms with Gasteiger partial charge in [-0.3, -0.25) is 4.79 Å². The highest BCUT2D eigenvalue weighted by atomic mass is 32.2. The average Bonchev–Trinajstić information content (AvgIpc) is 2.58. The maximum Gasteiger partial charge on any atom is 0.227 e. The first-order chi connectivity index (χ1) is 8.85. The highest BCUT2D eigenvalue weighted by Gasteiger charge is 2.38. The Morgan fingerprint density at radius 1 is 1.42 bits per heavy atom. The van der Waals surface area contributed by atoms with Gasteiger partial charge in [0.05, 0.1) is 17.4 Å². The first kappa shape index (κ1) is 14.0. The number of aromatic nitrogens is 1. The van der Waals surface area contributed by atoms with Crippen LogP contribution in [0.2, 0.25) is 0 Å². The summed E-state index contributed by atoms with van der Waals surface area (Å²) in [7, 11) is -3.03. The van der Waals surface area contributed by atoms with Crippen LogP contribution in [0.4, 0.5) is 0 Å². The number of carbonyl (C=O) groups is 1. The molecule has 1 aliphatic rings. The molecule has 1 saturated heterocycles. The van der Waals surface area contributed by atoms with Gasteiger partial charge in [-0.25, -0.2) is 8.42 Å². The Hall–Kier alpha value is -1.37. The van der Waals surface area contributed by atoms with Gasteiger partial charge in [0.2, 0.25) is 5.91 Å². The Labute approximate surface area is 112 Å². The van der Waals surface area contributed by atoms with Crippen molar-refractivity contribution in [3.63, 3.8) is 0 Å². The third-order valence-electron chi connectivity index (χ3n) is 3.62. The molecular weight excluding hydrogens is 268 g/mol. The lowest BCUT2D eigenvalue weighted by Crippen LogP contribution is -2.57. The lowest BCUT2D eigenvalue weighted by Gasteiger charge is -2.38. The molecule has 0 aliphatic carbocycles. The lowest BCUT2D eigenvalue weighted by atomic mass is 10.1. The third kappa shape index (κ3) is 2.65. The fourth-order valence-electron chi connectivity index (χ4n) is 2.12. The number of carbonyl (C=O) groups excluding carboxylic acids is 1. The average molecular weight is 286 g/mol. The molecule has 1 amide bonds. The summed E-state index contributed by atoms with van der Waals surface area (Å²) in [5.41, 5.74) is 1.51. The van der Waals surface area contributed by atoms with Gasteiger partial charge in [-0.05, 0) is 13.8 Å². The normalized spacial score (nSPS) is 16.5. The van der Waals surface area contributed by atoms with Gasteiger partial charge >= 0.3 is 0 Å². The van der Waals surface area contributed by atoms with E-state index in [1.54, 1.807) is 25.7 Å². The molecule has 0 atom stereocenters. The van der Waals surface area contributed by atoms with Crippen LogP contribution in [0, 0.1) is 13.8 Å². The van der Waals surface area contributed by atoms with Gasteiger partial charge in [-0.2, -0.15) is 0 Å². The minimum Gasteiger partial charge on any atom is -0.361 e. The van der Waals surface area contributed by atoms with Crippen LogP contribution in [0.15, 0.2) is 4.52 Å². The van der Waals surface area contributed by atoms with E-state index in [4.69, 9.17) is 4.52 Å². The fraction of sp³-hybridized carbons (Fsp3) is 0.667.